The van der Waals surface area contributed by atoms with Gasteiger partial charge in [-0.15, -0.1) is 0 Å². The van der Waals surface area contributed by atoms with Crippen molar-refractivity contribution in [3.63, 3.8) is 0 Å². The summed E-state index contributed by atoms with van der Waals surface area (Å²) in [5.74, 6) is -1.53. The minimum atomic E-state index is -4.25. The Labute approximate surface area is 69.6 Å². The molecule has 1 N–H and O–H groups in total. The van der Waals surface area contributed by atoms with Gasteiger partial charge in [0.1, 0.15) is 0 Å². The maximum Gasteiger partial charge on any atom is 0.394 e. The molecule has 0 aromatic rings. The van der Waals surface area contributed by atoms with Crippen molar-refractivity contribution < 1.29 is 18.3 Å². The molecule has 0 bridgehead atoms. The predicted octanol–water partition coefficient (Wildman–Crippen LogP) is 2.49. The van der Waals surface area contributed by atoms with Crippen molar-refractivity contribution in [3.8, 4) is 0 Å². The average Bonchev–Trinajstić information content (AvgIpc) is 1.83. The van der Waals surface area contributed by atoms with E-state index < -0.39 is 17.7 Å². The van der Waals surface area contributed by atoms with Gasteiger partial charge < -0.3 is 5.11 Å². The monoisotopic (exact) mass is 182 g/mol. The van der Waals surface area contributed by atoms with Crippen molar-refractivity contribution in [1.82, 2.24) is 0 Å². The van der Waals surface area contributed by atoms with Gasteiger partial charge in [-0.25, -0.2) is 0 Å². The largest absolute Gasteiger partial charge is 0.394 e. The van der Waals surface area contributed by atoms with E-state index >= 15 is 0 Å². The van der Waals surface area contributed by atoms with Crippen LogP contribution in [-0.4, -0.2) is 16.9 Å². The second-order valence-electron chi connectivity index (χ2n) is 3.70. The molecule has 1 rings (SSSR count). The first kappa shape index (κ1) is 9.84. The lowest BCUT2D eigenvalue weighted by molar-refractivity contribution is -0.232. The SMILES string of the molecule is CC1(O)CCCCC1C(F)(F)F. The third-order valence-corrected chi connectivity index (χ3v) is 2.57. The van der Waals surface area contributed by atoms with Gasteiger partial charge in [-0.2, -0.15) is 13.2 Å². The molecule has 0 radical (unpaired) electrons. The van der Waals surface area contributed by atoms with E-state index in [1.807, 2.05) is 0 Å². The second-order valence-corrected chi connectivity index (χ2v) is 3.70. The van der Waals surface area contributed by atoms with Crippen LogP contribution < -0.4 is 0 Å². The molecule has 72 valence electrons. The van der Waals surface area contributed by atoms with Crippen LogP contribution in [0.3, 0.4) is 0 Å². The highest BCUT2D eigenvalue weighted by Crippen LogP contribution is 2.43. The van der Waals surface area contributed by atoms with E-state index in [2.05, 4.69) is 0 Å². The second kappa shape index (κ2) is 2.91. The molecule has 2 atom stereocenters. The summed E-state index contributed by atoms with van der Waals surface area (Å²) in [6, 6.07) is 0. The normalized spacial score (nSPS) is 38.2. The zero-order valence-electron chi connectivity index (χ0n) is 6.99. The van der Waals surface area contributed by atoms with Gasteiger partial charge in [0, 0.05) is 0 Å². The summed E-state index contributed by atoms with van der Waals surface area (Å²) >= 11 is 0. The average molecular weight is 182 g/mol. The minimum Gasteiger partial charge on any atom is -0.390 e. The molecule has 0 aliphatic heterocycles. The Balaban J connectivity index is 2.73. The van der Waals surface area contributed by atoms with E-state index in [0.29, 0.717) is 12.8 Å². The molecule has 1 nitrogen and oxygen atoms in total. The van der Waals surface area contributed by atoms with Gasteiger partial charge in [-0.1, -0.05) is 12.8 Å². The molecule has 0 aromatic heterocycles. The summed E-state index contributed by atoms with van der Waals surface area (Å²) in [4.78, 5) is 0. The molecule has 1 aliphatic rings. The smallest absolute Gasteiger partial charge is 0.390 e. The van der Waals surface area contributed by atoms with Crippen LogP contribution in [0.4, 0.5) is 13.2 Å². The predicted molar refractivity (Wildman–Crippen MR) is 38.6 cm³/mol. The van der Waals surface area contributed by atoms with Crippen LogP contribution in [0, 0.1) is 5.92 Å². The van der Waals surface area contributed by atoms with Crippen molar-refractivity contribution in [2.45, 2.75) is 44.4 Å². The zero-order valence-corrected chi connectivity index (χ0v) is 6.99. The molecule has 2 unspecified atom stereocenters. The van der Waals surface area contributed by atoms with Crippen molar-refractivity contribution in [1.29, 1.82) is 0 Å². The first-order valence-corrected chi connectivity index (χ1v) is 4.13. The lowest BCUT2D eigenvalue weighted by Crippen LogP contribution is -2.45. The van der Waals surface area contributed by atoms with Crippen molar-refractivity contribution in [3.05, 3.63) is 0 Å². The molecule has 1 saturated carbocycles. The van der Waals surface area contributed by atoms with E-state index in [1.54, 1.807) is 0 Å². The Kier molecular flexibility index (Phi) is 2.38. The first-order valence-electron chi connectivity index (χ1n) is 4.13. The summed E-state index contributed by atoms with van der Waals surface area (Å²) in [5.41, 5.74) is -1.55. The van der Waals surface area contributed by atoms with E-state index in [0.717, 1.165) is 0 Å². The van der Waals surface area contributed by atoms with Gasteiger partial charge in [-0.05, 0) is 19.8 Å². The lowest BCUT2D eigenvalue weighted by atomic mass is 9.76. The van der Waals surface area contributed by atoms with Gasteiger partial charge in [0.2, 0.25) is 0 Å². The molecule has 0 amide bonds. The number of alkyl halides is 3. The Morgan fingerprint density at radius 2 is 1.92 bits per heavy atom. The van der Waals surface area contributed by atoms with Crippen LogP contribution in [0.2, 0.25) is 0 Å². The van der Waals surface area contributed by atoms with Crippen LogP contribution >= 0.6 is 0 Å². The molecular formula is C8H13F3O. The molecule has 0 aromatic carbocycles. The zero-order chi connectivity index (χ0) is 9.41. The van der Waals surface area contributed by atoms with E-state index in [-0.39, 0.29) is 12.8 Å². The third-order valence-electron chi connectivity index (χ3n) is 2.57. The molecule has 0 heterocycles. The number of halogens is 3. The van der Waals surface area contributed by atoms with Crippen LogP contribution in [0.25, 0.3) is 0 Å². The molecule has 0 saturated heterocycles. The molecule has 1 aliphatic carbocycles. The Morgan fingerprint density at radius 1 is 1.33 bits per heavy atom. The first-order chi connectivity index (χ1) is 5.34. The Hall–Kier alpha value is -0.250. The molecule has 1 fully saturated rings. The maximum atomic E-state index is 12.3. The number of hydrogen-bond donors (Lipinski definition) is 1. The fourth-order valence-electron chi connectivity index (χ4n) is 1.83. The molecule has 4 heteroatoms. The van der Waals surface area contributed by atoms with Crippen molar-refractivity contribution in [2.24, 2.45) is 5.92 Å². The molecule has 12 heavy (non-hydrogen) atoms. The van der Waals surface area contributed by atoms with Crippen LogP contribution in [0.15, 0.2) is 0 Å². The summed E-state index contributed by atoms with van der Waals surface area (Å²) in [6.45, 7) is 1.28. The van der Waals surface area contributed by atoms with Crippen LogP contribution in [0.1, 0.15) is 32.6 Å². The summed E-state index contributed by atoms with van der Waals surface area (Å²) in [7, 11) is 0. The van der Waals surface area contributed by atoms with Crippen molar-refractivity contribution >= 4 is 0 Å². The third kappa shape index (κ3) is 1.91. The van der Waals surface area contributed by atoms with Gasteiger partial charge in [0.15, 0.2) is 0 Å². The summed E-state index contributed by atoms with van der Waals surface area (Å²) in [6.07, 6.45) is -2.66. The lowest BCUT2D eigenvalue weighted by Gasteiger charge is -2.37. The fraction of sp³-hybridized carbons (Fsp3) is 1.00. The highest BCUT2D eigenvalue weighted by atomic mass is 19.4. The van der Waals surface area contributed by atoms with Gasteiger partial charge in [0.25, 0.3) is 0 Å². The van der Waals surface area contributed by atoms with Gasteiger partial charge >= 0.3 is 6.18 Å². The van der Waals surface area contributed by atoms with Crippen molar-refractivity contribution in [2.75, 3.05) is 0 Å². The van der Waals surface area contributed by atoms with E-state index in [4.69, 9.17) is 0 Å². The quantitative estimate of drug-likeness (QED) is 0.610. The number of aliphatic hydroxyl groups is 1. The van der Waals surface area contributed by atoms with Crippen LogP contribution in [0.5, 0.6) is 0 Å². The van der Waals surface area contributed by atoms with E-state index in [1.165, 1.54) is 6.92 Å². The minimum absolute atomic E-state index is 0.0660. The van der Waals surface area contributed by atoms with E-state index in [9.17, 15) is 18.3 Å². The summed E-state index contributed by atoms with van der Waals surface area (Å²) < 4.78 is 36.8. The van der Waals surface area contributed by atoms with Gasteiger partial charge in [0.05, 0.1) is 11.5 Å². The topological polar surface area (TPSA) is 20.2 Å². The molecule has 0 spiro atoms. The maximum absolute atomic E-state index is 12.3. The summed E-state index contributed by atoms with van der Waals surface area (Å²) in [5, 5.41) is 9.45. The number of rotatable bonds is 0. The fourth-order valence-corrected chi connectivity index (χ4v) is 1.83. The Morgan fingerprint density at radius 3 is 2.25 bits per heavy atom. The standard InChI is InChI=1S/C8H13F3O/c1-7(12)5-3-2-4-6(7)8(9,10)11/h6,12H,2-5H2,1H3. The highest BCUT2D eigenvalue weighted by Gasteiger charge is 2.50. The van der Waals surface area contributed by atoms with Crippen LogP contribution in [-0.2, 0) is 0 Å². The van der Waals surface area contributed by atoms with Gasteiger partial charge in [-0.3, -0.25) is 0 Å². The number of hydrogen-bond acceptors (Lipinski definition) is 1. The highest BCUT2D eigenvalue weighted by molar-refractivity contribution is 4.89. The molecular weight excluding hydrogens is 169 g/mol. The Bertz CT molecular complexity index is 162.